The SMILES string of the molecule is O=C(CCC1Cc2ccccc2N1)NC1CCC1. The van der Waals surface area contributed by atoms with Crippen LogP contribution in [0.15, 0.2) is 24.3 Å². The van der Waals surface area contributed by atoms with E-state index in [2.05, 4.69) is 34.9 Å². The molecule has 18 heavy (non-hydrogen) atoms. The van der Waals surface area contributed by atoms with Gasteiger partial charge in [0.1, 0.15) is 0 Å². The molecule has 96 valence electrons. The van der Waals surface area contributed by atoms with Crippen molar-refractivity contribution in [2.45, 2.75) is 50.6 Å². The van der Waals surface area contributed by atoms with Gasteiger partial charge in [0, 0.05) is 24.2 Å². The zero-order chi connectivity index (χ0) is 12.4. The second-order valence-electron chi connectivity index (χ2n) is 5.44. The lowest BCUT2D eigenvalue weighted by Gasteiger charge is -2.26. The number of nitrogens with one attached hydrogen (secondary N) is 2. The van der Waals surface area contributed by atoms with Crippen LogP contribution in [0.1, 0.15) is 37.7 Å². The minimum Gasteiger partial charge on any atom is -0.382 e. The van der Waals surface area contributed by atoms with Crippen molar-refractivity contribution in [1.82, 2.24) is 5.32 Å². The monoisotopic (exact) mass is 244 g/mol. The first-order valence-corrected chi connectivity index (χ1v) is 6.95. The molecule has 2 aliphatic rings. The van der Waals surface area contributed by atoms with Crippen LogP contribution in [0.5, 0.6) is 0 Å². The topological polar surface area (TPSA) is 41.1 Å². The predicted molar refractivity (Wildman–Crippen MR) is 72.6 cm³/mol. The van der Waals surface area contributed by atoms with Gasteiger partial charge in [-0.15, -0.1) is 0 Å². The van der Waals surface area contributed by atoms with Gasteiger partial charge in [0.15, 0.2) is 0 Å². The van der Waals surface area contributed by atoms with E-state index >= 15 is 0 Å². The Morgan fingerprint density at radius 3 is 2.89 bits per heavy atom. The number of amides is 1. The number of fused-ring (bicyclic) bond motifs is 1. The van der Waals surface area contributed by atoms with Crippen molar-refractivity contribution in [3.63, 3.8) is 0 Å². The summed E-state index contributed by atoms with van der Waals surface area (Å²) in [6.45, 7) is 0. The van der Waals surface area contributed by atoms with Gasteiger partial charge in [-0.05, 0) is 43.7 Å². The summed E-state index contributed by atoms with van der Waals surface area (Å²) in [5.41, 5.74) is 2.61. The Labute approximate surface area is 108 Å². The highest BCUT2D eigenvalue weighted by Crippen LogP contribution is 2.27. The van der Waals surface area contributed by atoms with Crippen LogP contribution in [0.25, 0.3) is 0 Å². The Bertz CT molecular complexity index is 415. The highest BCUT2D eigenvalue weighted by atomic mass is 16.1. The molecule has 3 nitrogen and oxygen atoms in total. The number of hydrogen-bond donors (Lipinski definition) is 2. The van der Waals surface area contributed by atoms with E-state index in [0.29, 0.717) is 18.5 Å². The maximum Gasteiger partial charge on any atom is 0.220 e. The lowest BCUT2D eigenvalue weighted by Crippen LogP contribution is -2.39. The first kappa shape index (κ1) is 11.6. The van der Waals surface area contributed by atoms with E-state index in [-0.39, 0.29) is 5.91 Å². The number of carbonyl (C=O) groups is 1. The van der Waals surface area contributed by atoms with Crippen molar-refractivity contribution < 1.29 is 4.79 Å². The van der Waals surface area contributed by atoms with Gasteiger partial charge in [-0.3, -0.25) is 4.79 Å². The molecule has 1 aromatic rings. The van der Waals surface area contributed by atoms with Gasteiger partial charge in [0.25, 0.3) is 0 Å². The smallest absolute Gasteiger partial charge is 0.220 e. The molecule has 0 bridgehead atoms. The molecule has 1 aliphatic heterocycles. The van der Waals surface area contributed by atoms with E-state index in [9.17, 15) is 4.79 Å². The highest BCUT2D eigenvalue weighted by molar-refractivity contribution is 5.76. The van der Waals surface area contributed by atoms with Crippen molar-refractivity contribution in [3.8, 4) is 0 Å². The molecule has 3 rings (SSSR count). The van der Waals surface area contributed by atoms with Crippen LogP contribution in [0.4, 0.5) is 5.69 Å². The van der Waals surface area contributed by atoms with E-state index in [4.69, 9.17) is 0 Å². The van der Waals surface area contributed by atoms with Crippen molar-refractivity contribution in [1.29, 1.82) is 0 Å². The van der Waals surface area contributed by atoms with Gasteiger partial charge in [-0.2, -0.15) is 0 Å². The number of para-hydroxylation sites is 1. The number of anilines is 1. The molecule has 1 amide bonds. The predicted octanol–water partition coefficient (Wildman–Crippen LogP) is 2.47. The molecule has 3 heteroatoms. The maximum absolute atomic E-state index is 11.7. The average molecular weight is 244 g/mol. The van der Waals surface area contributed by atoms with Crippen LogP contribution in [-0.4, -0.2) is 18.0 Å². The largest absolute Gasteiger partial charge is 0.382 e. The Hall–Kier alpha value is -1.51. The zero-order valence-electron chi connectivity index (χ0n) is 10.6. The molecule has 1 saturated carbocycles. The Kier molecular flexibility index (Phi) is 3.22. The molecule has 0 aromatic heterocycles. The molecule has 0 spiro atoms. The van der Waals surface area contributed by atoms with Crippen molar-refractivity contribution in [2.75, 3.05) is 5.32 Å². The molecule has 0 saturated heterocycles. The molecule has 1 heterocycles. The zero-order valence-corrected chi connectivity index (χ0v) is 10.6. The van der Waals surface area contributed by atoms with Crippen LogP contribution < -0.4 is 10.6 Å². The molecule has 1 aliphatic carbocycles. The first-order valence-electron chi connectivity index (χ1n) is 6.95. The minimum absolute atomic E-state index is 0.220. The number of carbonyl (C=O) groups excluding carboxylic acids is 1. The van der Waals surface area contributed by atoms with Crippen LogP contribution in [0, 0.1) is 0 Å². The van der Waals surface area contributed by atoms with Crippen LogP contribution in [0.3, 0.4) is 0 Å². The van der Waals surface area contributed by atoms with Crippen LogP contribution in [-0.2, 0) is 11.2 Å². The van der Waals surface area contributed by atoms with E-state index < -0.39 is 0 Å². The lowest BCUT2D eigenvalue weighted by molar-refractivity contribution is -0.122. The van der Waals surface area contributed by atoms with Gasteiger partial charge in [-0.1, -0.05) is 18.2 Å². The minimum atomic E-state index is 0.220. The number of benzene rings is 1. The average Bonchev–Trinajstić information content (AvgIpc) is 2.74. The van der Waals surface area contributed by atoms with E-state index in [1.807, 2.05) is 0 Å². The molecule has 1 unspecified atom stereocenters. The standard InChI is InChI=1S/C15H20N2O/c18-15(17-12-5-3-6-12)9-8-13-10-11-4-1-2-7-14(11)16-13/h1-2,4,7,12-13,16H,3,5-6,8-10H2,(H,17,18). The van der Waals surface area contributed by atoms with Crippen molar-refractivity contribution >= 4 is 11.6 Å². The lowest BCUT2D eigenvalue weighted by atomic mass is 9.93. The quantitative estimate of drug-likeness (QED) is 0.854. The third-order valence-corrected chi connectivity index (χ3v) is 4.03. The fourth-order valence-electron chi connectivity index (χ4n) is 2.71. The third-order valence-electron chi connectivity index (χ3n) is 4.03. The van der Waals surface area contributed by atoms with Gasteiger partial charge >= 0.3 is 0 Å². The summed E-state index contributed by atoms with van der Waals surface area (Å²) >= 11 is 0. The molecule has 1 aromatic carbocycles. The summed E-state index contributed by atoms with van der Waals surface area (Å²) in [4.78, 5) is 11.7. The molecule has 0 radical (unpaired) electrons. The summed E-state index contributed by atoms with van der Waals surface area (Å²) < 4.78 is 0. The fraction of sp³-hybridized carbons (Fsp3) is 0.533. The second-order valence-corrected chi connectivity index (χ2v) is 5.44. The maximum atomic E-state index is 11.7. The number of hydrogen-bond acceptors (Lipinski definition) is 2. The number of rotatable bonds is 4. The molecular formula is C15H20N2O. The van der Waals surface area contributed by atoms with Gasteiger partial charge < -0.3 is 10.6 Å². The van der Waals surface area contributed by atoms with Crippen molar-refractivity contribution in [2.24, 2.45) is 0 Å². The summed E-state index contributed by atoms with van der Waals surface area (Å²) in [7, 11) is 0. The normalized spacial score (nSPS) is 21.9. The van der Waals surface area contributed by atoms with Gasteiger partial charge in [-0.25, -0.2) is 0 Å². The van der Waals surface area contributed by atoms with Crippen LogP contribution >= 0.6 is 0 Å². The van der Waals surface area contributed by atoms with Gasteiger partial charge in [0.2, 0.25) is 5.91 Å². The third kappa shape index (κ3) is 2.50. The van der Waals surface area contributed by atoms with Crippen LogP contribution in [0.2, 0.25) is 0 Å². The molecule has 1 fully saturated rings. The summed E-state index contributed by atoms with van der Waals surface area (Å²) in [6, 6.07) is 9.30. The molecule has 2 N–H and O–H groups in total. The van der Waals surface area contributed by atoms with E-state index in [1.54, 1.807) is 0 Å². The molecular weight excluding hydrogens is 224 g/mol. The van der Waals surface area contributed by atoms with Crippen molar-refractivity contribution in [3.05, 3.63) is 29.8 Å². The second kappa shape index (κ2) is 5.01. The Morgan fingerprint density at radius 2 is 2.17 bits per heavy atom. The summed E-state index contributed by atoms with van der Waals surface area (Å²) in [6.07, 6.45) is 6.21. The first-order chi connectivity index (χ1) is 8.81. The highest BCUT2D eigenvalue weighted by Gasteiger charge is 2.22. The summed E-state index contributed by atoms with van der Waals surface area (Å²) in [5, 5.41) is 6.59. The fourth-order valence-corrected chi connectivity index (χ4v) is 2.71. The van der Waals surface area contributed by atoms with E-state index in [0.717, 1.165) is 12.8 Å². The Balaban J connectivity index is 1.43. The van der Waals surface area contributed by atoms with E-state index in [1.165, 1.54) is 30.5 Å². The molecule has 1 atom stereocenters. The Morgan fingerprint density at radius 1 is 1.33 bits per heavy atom. The van der Waals surface area contributed by atoms with Gasteiger partial charge in [0.05, 0.1) is 0 Å². The summed E-state index contributed by atoms with van der Waals surface area (Å²) in [5.74, 6) is 0.220.